The molecule has 6 nitrogen and oxygen atoms in total. The summed E-state index contributed by atoms with van der Waals surface area (Å²) in [7, 11) is 2.22. The second-order valence-corrected chi connectivity index (χ2v) is 8.00. The van der Waals surface area contributed by atoms with Gasteiger partial charge in [-0.05, 0) is 32.7 Å². The van der Waals surface area contributed by atoms with Crippen molar-refractivity contribution >= 4 is 11.8 Å². The van der Waals surface area contributed by atoms with Gasteiger partial charge in [0.15, 0.2) is 5.82 Å². The van der Waals surface area contributed by atoms with Crippen molar-refractivity contribution in [2.45, 2.75) is 76.4 Å². The molecule has 2 saturated heterocycles. The lowest BCUT2D eigenvalue weighted by atomic mass is 9.82. The van der Waals surface area contributed by atoms with Crippen molar-refractivity contribution < 1.29 is 9.32 Å². The number of fused-ring (bicyclic) bond motifs is 2. The summed E-state index contributed by atoms with van der Waals surface area (Å²) < 4.78 is 5.30. The van der Waals surface area contributed by atoms with Gasteiger partial charge in [0, 0.05) is 29.6 Å². The Morgan fingerprint density at radius 2 is 1.96 bits per heavy atom. The highest BCUT2D eigenvalue weighted by atomic mass is 16.5. The fourth-order valence-corrected chi connectivity index (χ4v) is 3.76. The summed E-state index contributed by atoms with van der Waals surface area (Å²) in [6, 6.07) is 3.06. The average Bonchev–Trinajstić information content (AvgIpc) is 2.88. The molecular formula is C17H28N4O2. The molecule has 2 aliphatic rings. The monoisotopic (exact) mass is 320 g/mol. The number of nitrogens with one attached hydrogen (secondary N) is 2. The predicted octanol–water partition coefficient (Wildman–Crippen LogP) is 3.11. The number of nitrogens with zero attached hydrogens (tertiary/aromatic N) is 2. The minimum atomic E-state index is -0.189. The van der Waals surface area contributed by atoms with Crippen LogP contribution in [0.3, 0.4) is 0 Å². The van der Waals surface area contributed by atoms with Gasteiger partial charge in [-0.25, -0.2) is 4.79 Å². The Hall–Kier alpha value is -1.56. The third kappa shape index (κ3) is 3.68. The van der Waals surface area contributed by atoms with Gasteiger partial charge in [-0.2, -0.15) is 0 Å². The molecule has 128 valence electrons. The van der Waals surface area contributed by atoms with E-state index < -0.39 is 0 Å². The molecular weight excluding hydrogens is 292 g/mol. The Morgan fingerprint density at radius 1 is 1.30 bits per heavy atom. The van der Waals surface area contributed by atoms with Crippen molar-refractivity contribution in [3.63, 3.8) is 0 Å². The zero-order valence-electron chi connectivity index (χ0n) is 14.6. The van der Waals surface area contributed by atoms with Crippen molar-refractivity contribution in [1.82, 2.24) is 15.4 Å². The lowest BCUT2D eigenvalue weighted by Crippen LogP contribution is -2.55. The third-order valence-electron chi connectivity index (χ3n) is 5.17. The van der Waals surface area contributed by atoms with E-state index in [0.717, 1.165) is 18.6 Å². The van der Waals surface area contributed by atoms with Crippen molar-refractivity contribution in [2.75, 3.05) is 12.4 Å². The second-order valence-electron chi connectivity index (χ2n) is 8.00. The number of anilines is 1. The highest BCUT2D eigenvalue weighted by molar-refractivity contribution is 5.88. The van der Waals surface area contributed by atoms with E-state index in [1.807, 2.05) is 0 Å². The van der Waals surface area contributed by atoms with E-state index >= 15 is 0 Å². The zero-order valence-corrected chi connectivity index (χ0v) is 14.6. The van der Waals surface area contributed by atoms with Crippen LogP contribution in [0.1, 0.15) is 58.6 Å². The quantitative estimate of drug-likeness (QED) is 0.878. The molecule has 2 aliphatic heterocycles. The number of hydrogen-bond acceptors (Lipinski definition) is 4. The maximum atomic E-state index is 12.2. The van der Waals surface area contributed by atoms with Crippen molar-refractivity contribution in [2.24, 2.45) is 0 Å². The number of carbonyl (C=O) groups excluding carboxylic acids is 1. The average molecular weight is 320 g/mol. The Balaban J connectivity index is 1.55. The smallest absolute Gasteiger partial charge is 0.320 e. The standard InChI is InChI=1S/C17H28N4O2/c1-17(2,3)14-10-15(20-23-14)19-16(22)18-11-8-12-6-5-7-13(9-11)21(12)4/h10-13H,5-9H2,1-4H3,(H2,18,19,20,22). The molecule has 0 aliphatic carbocycles. The lowest BCUT2D eigenvalue weighted by Gasteiger charge is -2.47. The Kier molecular flexibility index (Phi) is 4.36. The van der Waals surface area contributed by atoms with E-state index in [0.29, 0.717) is 17.9 Å². The Labute approximate surface area is 138 Å². The molecule has 6 heteroatoms. The van der Waals surface area contributed by atoms with Gasteiger partial charge in [0.2, 0.25) is 0 Å². The van der Waals surface area contributed by atoms with Crippen LogP contribution in [0.4, 0.5) is 10.6 Å². The molecule has 23 heavy (non-hydrogen) atoms. The first-order valence-electron chi connectivity index (χ1n) is 8.59. The molecule has 2 N–H and O–H groups in total. The first-order valence-corrected chi connectivity index (χ1v) is 8.59. The van der Waals surface area contributed by atoms with Crippen molar-refractivity contribution in [3.8, 4) is 0 Å². The van der Waals surface area contributed by atoms with Crippen LogP contribution < -0.4 is 10.6 Å². The normalized spacial score (nSPS) is 28.4. The minimum Gasteiger partial charge on any atom is -0.359 e. The van der Waals surface area contributed by atoms with Crippen LogP contribution in [0.25, 0.3) is 0 Å². The zero-order chi connectivity index (χ0) is 16.6. The number of urea groups is 1. The third-order valence-corrected chi connectivity index (χ3v) is 5.17. The predicted molar refractivity (Wildman–Crippen MR) is 89.6 cm³/mol. The molecule has 0 saturated carbocycles. The molecule has 2 fully saturated rings. The van der Waals surface area contributed by atoms with Crippen molar-refractivity contribution in [1.29, 1.82) is 0 Å². The topological polar surface area (TPSA) is 70.4 Å². The number of rotatable bonds is 2. The first-order chi connectivity index (χ1) is 10.8. The summed E-state index contributed by atoms with van der Waals surface area (Å²) in [5.41, 5.74) is -0.116. The highest BCUT2D eigenvalue weighted by Crippen LogP contribution is 2.32. The molecule has 2 amide bonds. The largest absolute Gasteiger partial charge is 0.359 e. The fourth-order valence-electron chi connectivity index (χ4n) is 3.76. The summed E-state index contributed by atoms with van der Waals surface area (Å²) >= 11 is 0. The number of aromatic nitrogens is 1. The second kappa shape index (κ2) is 6.15. The van der Waals surface area contributed by atoms with Gasteiger partial charge >= 0.3 is 6.03 Å². The Bertz CT molecular complexity index is 549. The van der Waals surface area contributed by atoms with Gasteiger partial charge in [0.1, 0.15) is 5.76 Å². The van der Waals surface area contributed by atoms with Crippen molar-refractivity contribution in [3.05, 3.63) is 11.8 Å². The van der Waals surface area contributed by atoms with Crippen LogP contribution in [0.5, 0.6) is 0 Å². The van der Waals surface area contributed by atoms with E-state index in [1.165, 1.54) is 19.3 Å². The summed E-state index contributed by atoms with van der Waals surface area (Å²) in [5, 5.41) is 9.83. The van der Waals surface area contributed by atoms with E-state index in [2.05, 4.69) is 48.5 Å². The molecule has 3 rings (SSSR count). The van der Waals surface area contributed by atoms with E-state index in [-0.39, 0.29) is 17.5 Å². The summed E-state index contributed by atoms with van der Waals surface area (Å²) in [6.45, 7) is 6.15. The molecule has 0 spiro atoms. The van der Waals surface area contributed by atoms with E-state index in [9.17, 15) is 4.79 Å². The maximum Gasteiger partial charge on any atom is 0.320 e. The van der Waals surface area contributed by atoms with Gasteiger partial charge in [-0.15, -0.1) is 0 Å². The number of hydrogen-bond donors (Lipinski definition) is 2. The van der Waals surface area contributed by atoms with Crippen LogP contribution in [0.15, 0.2) is 10.6 Å². The molecule has 1 aromatic heterocycles. The molecule has 2 unspecified atom stereocenters. The summed E-state index contributed by atoms with van der Waals surface area (Å²) in [5.74, 6) is 1.24. The minimum absolute atomic E-state index is 0.116. The molecule has 3 heterocycles. The van der Waals surface area contributed by atoms with Crippen LogP contribution in [-0.2, 0) is 5.41 Å². The molecule has 1 aromatic rings. The van der Waals surface area contributed by atoms with Gasteiger partial charge in [0.25, 0.3) is 0 Å². The van der Waals surface area contributed by atoms with Crippen LogP contribution in [0.2, 0.25) is 0 Å². The molecule has 2 atom stereocenters. The summed E-state index contributed by atoms with van der Waals surface area (Å²) in [4.78, 5) is 14.7. The van der Waals surface area contributed by atoms with Crippen LogP contribution in [0, 0.1) is 0 Å². The number of carbonyl (C=O) groups is 1. The van der Waals surface area contributed by atoms with Gasteiger partial charge in [-0.1, -0.05) is 32.3 Å². The number of amides is 2. The van der Waals surface area contributed by atoms with Gasteiger partial charge < -0.3 is 14.7 Å². The van der Waals surface area contributed by atoms with E-state index in [1.54, 1.807) is 6.07 Å². The fraction of sp³-hybridized carbons (Fsp3) is 0.765. The van der Waals surface area contributed by atoms with Gasteiger partial charge in [-0.3, -0.25) is 5.32 Å². The first kappa shape index (κ1) is 16.3. The van der Waals surface area contributed by atoms with E-state index in [4.69, 9.17) is 4.52 Å². The SMILES string of the molecule is CN1C2CCCC1CC(NC(=O)Nc1cc(C(C)(C)C)on1)C2. The van der Waals surface area contributed by atoms with Gasteiger partial charge in [0.05, 0.1) is 0 Å². The number of piperidine rings is 2. The lowest BCUT2D eigenvalue weighted by molar-refractivity contribution is 0.0513. The van der Waals surface area contributed by atoms with Crippen LogP contribution in [-0.4, -0.2) is 41.3 Å². The highest BCUT2D eigenvalue weighted by Gasteiger charge is 2.36. The molecule has 0 radical (unpaired) electrons. The maximum absolute atomic E-state index is 12.2. The Morgan fingerprint density at radius 3 is 2.52 bits per heavy atom. The molecule has 0 aromatic carbocycles. The summed E-state index contributed by atoms with van der Waals surface area (Å²) in [6.07, 6.45) is 5.86. The molecule has 2 bridgehead atoms. The van der Waals surface area contributed by atoms with Crippen LogP contribution >= 0.6 is 0 Å².